The van der Waals surface area contributed by atoms with E-state index in [-0.39, 0.29) is 17.9 Å². The Bertz CT molecular complexity index is 623. The van der Waals surface area contributed by atoms with Gasteiger partial charge in [-0.25, -0.2) is 0 Å². The maximum absolute atomic E-state index is 12.0. The number of aryl methyl sites for hydroxylation is 1. The predicted molar refractivity (Wildman–Crippen MR) is 75.4 cm³/mol. The van der Waals surface area contributed by atoms with Gasteiger partial charge in [0.1, 0.15) is 0 Å². The van der Waals surface area contributed by atoms with Crippen LogP contribution in [0.2, 0.25) is 0 Å². The summed E-state index contributed by atoms with van der Waals surface area (Å²) in [7, 11) is -3.89. The van der Waals surface area contributed by atoms with Crippen LogP contribution in [0, 0.1) is 6.92 Å². The summed E-state index contributed by atoms with van der Waals surface area (Å²) in [5, 5.41) is 9.58. The van der Waals surface area contributed by atoms with Gasteiger partial charge in [-0.3, -0.25) is 8.98 Å². The van der Waals surface area contributed by atoms with Crippen LogP contribution in [-0.2, 0) is 28.6 Å². The smallest absolute Gasteiger partial charge is 0.303 e. The second-order valence-corrected chi connectivity index (χ2v) is 6.70. The molecule has 1 N–H and O–H groups in total. The molecule has 0 aromatic heterocycles. The van der Waals surface area contributed by atoms with Crippen LogP contribution in [0.15, 0.2) is 29.2 Å². The van der Waals surface area contributed by atoms with Gasteiger partial charge in [-0.2, -0.15) is 8.42 Å². The van der Waals surface area contributed by atoms with Crippen LogP contribution >= 0.6 is 0 Å². The summed E-state index contributed by atoms with van der Waals surface area (Å²) < 4.78 is 38.9. The minimum absolute atomic E-state index is 0.0492. The molecule has 1 aromatic carbocycles. The molecule has 1 saturated heterocycles. The number of esters is 1. The molecule has 122 valence electrons. The van der Waals surface area contributed by atoms with E-state index in [1.807, 2.05) is 6.92 Å². The molecular formula is C14H18O7S. The van der Waals surface area contributed by atoms with E-state index in [9.17, 15) is 18.3 Å². The number of benzene rings is 1. The van der Waals surface area contributed by atoms with Gasteiger partial charge >= 0.3 is 5.97 Å². The van der Waals surface area contributed by atoms with E-state index in [1.54, 1.807) is 12.1 Å². The Labute approximate surface area is 128 Å². The van der Waals surface area contributed by atoms with Crippen LogP contribution in [0.25, 0.3) is 0 Å². The van der Waals surface area contributed by atoms with Crippen molar-refractivity contribution in [3.05, 3.63) is 29.8 Å². The molecule has 8 heteroatoms. The van der Waals surface area contributed by atoms with Gasteiger partial charge in [0.2, 0.25) is 0 Å². The standard InChI is InChI=1S/C14H18O7S/c1-9-3-5-12(6-4-9)22(17,18)19-8-11-7-13(14(16)21-11)20-10(2)15/h3-6,11,13-14,16H,7-8H2,1-2H3/t11-,13-,14?/m1/s1. The van der Waals surface area contributed by atoms with Crippen molar-refractivity contribution in [3.8, 4) is 0 Å². The van der Waals surface area contributed by atoms with E-state index in [2.05, 4.69) is 0 Å². The summed E-state index contributed by atoms with van der Waals surface area (Å²) >= 11 is 0. The van der Waals surface area contributed by atoms with E-state index >= 15 is 0 Å². The number of aliphatic hydroxyl groups excluding tert-OH is 1. The first-order valence-corrected chi connectivity index (χ1v) is 8.15. The van der Waals surface area contributed by atoms with Crippen LogP contribution in [0.1, 0.15) is 18.9 Å². The number of hydrogen-bond acceptors (Lipinski definition) is 7. The molecule has 1 unspecified atom stereocenters. The number of rotatable bonds is 5. The number of hydrogen-bond donors (Lipinski definition) is 1. The van der Waals surface area contributed by atoms with E-state index < -0.39 is 34.6 Å². The average molecular weight is 330 g/mol. The highest BCUT2D eigenvalue weighted by molar-refractivity contribution is 7.86. The highest BCUT2D eigenvalue weighted by atomic mass is 32.2. The Morgan fingerprint density at radius 1 is 1.36 bits per heavy atom. The molecule has 0 saturated carbocycles. The molecule has 0 spiro atoms. The minimum Gasteiger partial charge on any atom is -0.457 e. The molecule has 1 aliphatic rings. The second-order valence-electron chi connectivity index (χ2n) is 5.08. The predicted octanol–water partition coefficient (Wildman–Crippen LogP) is 0.739. The van der Waals surface area contributed by atoms with Gasteiger partial charge in [-0.15, -0.1) is 0 Å². The van der Waals surface area contributed by atoms with E-state index in [0.717, 1.165) is 5.56 Å². The third-order valence-corrected chi connectivity index (χ3v) is 4.48. The molecule has 22 heavy (non-hydrogen) atoms. The molecular weight excluding hydrogens is 312 g/mol. The molecule has 0 amide bonds. The highest BCUT2D eigenvalue weighted by Crippen LogP contribution is 2.23. The molecule has 0 bridgehead atoms. The van der Waals surface area contributed by atoms with Gasteiger partial charge in [0.25, 0.3) is 10.1 Å². The van der Waals surface area contributed by atoms with Crippen LogP contribution in [-0.4, -0.2) is 44.6 Å². The maximum atomic E-state index is 12.0. The van der Waals surface area contributed by atoms with Crippen LogP contribution in [0.4, 0.5) is 0 Å². The van der Waals surface area contributed by atoms with Gasteiger partial charge < -0.3 is 14.6 Å². The van der Waals surface area contributed by atoms with Gasteiger partial charge in [0.15, 0.2) is 12.4 Å². The number of carbonyl (C=O) groups is 1. The lowest BCUT2D eigenvalue weighted by Gasteiger charge is -2.11. The number of carbonyl (C=O) groups excluding carboxylic acids is 1. The highest BCUT2D eigenvalue weighted by Gasteiger charge is 2.37. The lowest BCUT2D eigenvalue weighted by atomic mass is 10.2. The molecule has 1 aliphatic heterocycles. The summed E-state index contributed by atoms with van der Waals surface area (Å²) in [5.74, 6) is -0.540. The van der Waals surface area contributed by atoms with Crippen LogP contribution in [0.5, 0.6) is 0 Å². The SMILES string of the molecule is CC(=O)O[C@@H]1C[C@H](COS(=O)(=O)c2ccc(C)cc2)OC1O. The Morgan fingerprint density at radius 3 is 2.59 bits per heavy atom. The van der Waals surface area contributed by atoms with Crippen LogP contribution < -0.4 is 0 Å². The largest absolute Gasteiger partial charge is 0.457 e. The van der Waals surface area contributed by atoms with Crippen LogP contribution in [0.3, 0.4) is 0 Å². The molecule has 1 fully saturated rings. The molecule has 1 heterocycles. The van der Waals surface area contributed by atoms with Crippen molar-refractivity contribution in [2.75, 3.05) is 6.61 Å². The Balaban J connectivity index is 1.93. The van der Waals surface area contributed by atoms with Crippen molar-refractivity contribution in [1.82, 2.24) is 0 Å². The lowest BCUT2D eigenvalue weighted by molar-refractivity contribution is -0.168. The van der Waals surface area contributed by atoms with Crippen molar-refractivity contribution >= 4 is 16.1 Å². The quantitative estimate of drug-likeness (QED) is 0.628. The summed E-state index contributed by atoms with van der Waals surface area (Å²) in [6.45, 7) is 2.81. The van der Waals surface area contributed by atoms with E-state index in [1.165, 1.54) is 19.1 Å². The Morgan fingerprint density at radius 2 is 2.00 bits per heavy atom. The molecule has 7 nitrogen and oxygen atoms in total. The van der Waals surface area contributed by atoms with Crippen molar-refractivity contribution in [1.29, 1.82) is 0 Å². The van der Waals surface area contributed by atoms with Crippen molar-refractivity contribution in [2.45, 2.75) is 43.7 Å². The second kappa shape index (κ2) is 6.74. The fraction of sp³-hybridized carbons (Fsp3) is 0.500. The first-order chi connectivity index (χ1) is 10.3. The fourth-order valence-electron chi connectivity index (χ4n) is 2.08. The third kappa shape index (κ3) is 4.26. The van der Waals surface area contributed by atoms with E-state index in [4.69, 9.17) is 13.7 Å². The van der Waals surface area contributed by atoms with E-state index in [0.29, 0.717) is 0 Å². The molecule has 1 aromatic rings. The van der Waals surface area contributed by atoms with Gasteiger partial charge in [0, 0.05) is 13.3 Å². The number of ether oxygens (including phenoxy) is 2. The Kier molecular flexibility index (Phi) is 5.17. The summed E-state index contributed by atoms with van der Waals surface area (Å²) in [4.78, 5) is 10.9. The van der Waals surface area contributed by atoms with Crippen molar-refractivity contribution < 1.29 is 32.0 Å². The van der Waals surface area contributed by atoms with Gasteiger partial charge in [-0.1, -0.05) is 17.7 Å². The molecule has 0 aliphatic carbocycles. The molecule has 2 rings (SSSR count). The lowest BCUT2D eigenvalue weighted by Crippen LogP contribution is -2.25. The zero-order valence-electron chi connectivity index (χ0n) is 12.3. The normalized spacial score (nSPS) is 25.1. The van der Waals surface area contributed by atoms with Crippen molar-refractivity contribution in [3.63, 3.8) is 0 Å². The molecule has 0 radical (unpaired) electrons. The topological polar surface area (TPSA) is 99.1 Å². The number of aliphatic hydroxyl groups is 1. The van der Waals surface area contributed by atoms with Crippen molar-refractivity contribution in [2.24, 2.45) is 0 Å². The van der Waals surface area contributed by atoms with Gasteiger partial charge in [0.05, 0.1) is 17.6 Å². The fourth-order valence-corrected chi connectivity index (χ4v) is 3.02. The Hall–Kier alpha value is -1.48. The van der Waals surface area contributed by atoms with Gasteiger partial charge in [-0.05, 0) is 19.1 Å². The molecule has 3 atom stereocenters. The zero-order valence-corrected chi connectivity index (χ0v) is 13.1. The monoisotopic (exact) mass is 330 g/mol. The first kappa shape index (κ1) is 16.9. The maximum Gasteiger partial charge on any atom is 0.303 e. The average Bonchev–Trinajstić information content (AvgIpc) is 2.77. The summed E-state index contributed by atoms with van der Waals surface area (Å²) in [6, 6.07) is 6.25. The zero-order chi connectivity index (χ0) is 16.3. The summed E-state index contributed by atoms with van der Waals surface area (Å²) in [5.41, 5.74) is 0.936. The minimum atomic E-state index is -3.89. The third-order valence-electron chi connectivity index (χ3n) is 3.18. The first-order valence-electron chi connectivity index (χ1n) is 6.75. The summed E-state index contributed by atoms with van der Waals surface area (Å²) in [6.07, 6.45) is -2.59.